The van der Waals surface area contributed by atoms with E-state index in [0.717, 1.165) is 0 Å². The summed E-state index contributed by atoms with van der Waals surface area (Å²) in [4.78, 5) is 0. The Balaban J connectivity index is 2.50. The van der Waals surface area contributed by atoms with Crippen molar-refractivity contribution < 1.29 is 35.0 Å². The van der Waals surface area contributed by atoms with Crippen LogP contribution in [0.4, 0.5) is 0 Å². The Morgan fingerprint density at radius 2 is 1.71 bits per heavy atom. The van der Waals surface area contributed by atoms with Gasteiger partial charge in [0.15, 0.2) is 6.29 Å². The van der Waals surface area contributed by atoms with Crippen LogP contribution >= 0.6 is 0 Å². The molecule has 1 saturated heterocycles. The highest BCUT2D eigenvalue weighted by molar-refractivity contribution is 4.89. The van der Waals surface area contributed by atoms with Crippen LogP contribution in [0.15, 0.2) is 12.2 Å². The molecule has 1 rings (SSSR count). The molecule has 0 spiro atoms. The maximum absolute atomic E-state index is 9.56. The molecule has 0 bridgehead atoms. The summed E-state index contributed by atoms with van der Waals surface area (Å²) in [6.45, 7) is -0.543. The first-order valence-electron chi connectivity index (χ1n) is 5.29. The highest BCUT2D eigenvalue weighted by Gasteiger charge is 2.43. The van der Waals surface area contributed by atoms with E-state index in [-0.39, 0.29) is 13.2 Å². The molecule has 7 heteroatoms. The molecule has 0 aromatic rings. The quantitative estimate of drug-likeness (QED) is 0.338. The molecule has 0 radical (unpaired) electrons. The Hall–Kier alpha value is -0.540. The second-order valence-electron chi connectivity index (χ2n) is 3.68. The number of aliphatic hydroxyl groups excluding tert-OH is 5. The summed E-state index contributed by atoms with van der Waals surface area (Å²) in [5.74, 6) is 0. The smallest absolute Gasteiger partial charge is 0.187 e. The van der Waals surface area contributed by atoms with E-state index in [4.69, 9.17) is 19.7 Å². The average molecular weight is 250 g/mol. The standard InChI is InChI=1S/C10H18O7/c11-3-1-2-4-16-10-9(15)8(14)7(13)6(5-12)17-10/h1-2,6-15H,3-5H2/b2-1+/t6-,7-,8+,9-,10-/m1/s1. The molecule has 7 nitrogen and oxygen atoms in total. The van der Waals surface area contributed by atoms with Crippen molar-refractivity contribution in [1.29, 1.82) is 0 Å². The van der Waals surface area contributed by atoms with Crippen molar-refractivity contribution in [3.8, 4) is 0 Å². The maximum atomic E-state index is 9.56. The summed E-state index contributed by atoms with van der Waals surface area (Å²) in [5.41, 5.74) is 0. The van der Waals surface area contributed by atoms with Gasteiger partial charge in [-0.3, -0.25) is 0 Å². The minimum absolute atomic E-state index is 0.0727. The first kappa shape index (κ1) is 14.5. The third-order valence-corrected chi connectivity index (χ3v) is 2.48. The van der Waals surface area contributed by atoms with Gasteiger partial charge in [0.1, 0.15) is 24.4 Å². The molecule has 0 aliphatic carbocycles. The predicted molar refractivity (Wildman–Crippen MR) is 55.9 cm³/mol. The first-order valence-corrected chi connectivity index (χ1v) is 5.29. The lowest BCUT2D eigenvalue weighted by Gasteiger charge is -2.39. The van der Waals surface area contributed by atoms with E-state index in [2.05, 4.69) is 0 Å². The predicted octanol–water partition coefficient (Wildman–Crippen LogP) is -2.65. The summed E-state index contributed by atoms with van der Waals surface area (Å²) < 4.78 is 10.2. The van der Waals surface area contributed by atoms with Crippen LogP contribution in [-0.2, 0) is 9.47 Å². The lowest BCUT2D eigenvalue weighted by molar-refractivity contribution is -0.298. The second-order valence-corrected chi connectivity index (χ2v) is 3.68. The normalized spacial score (nSPS) is 38.8. The molecule has 0 amide bonds. The van der Waals surface area contributed by atoms with Crippen LogP contribution in [0.1, 0.15) is 0 Å². The van der Waals surface area contributed by atoms with Crippen LogP contribution in [0.3, 0.4) is 0 Å². The van der Waals surface area contributed by atoms with Gasteiger partial charge in [-0.2, -0.15) is 0 Å². The average Bonchev–Trinajstić information content (AvgIpc) is 2.34. The number of hydrogen-bond acceptors (Lipinski definition) is 7. The SMILES string of the molecule is OC/C=C/CO[C@@H]1O[C@H](CO)[C@@H](O)[C@H](O)[C@H]1O. The highest BCUT2D eigenvalue weighted by atomic mass is 16.7. The zero-order chi connectivity index (χ0) is 12.8. The molecule has 5 N–H and O–H groups in total. The number of ether oxygens (including phenoxy) is 2. The van der Waals surface area contributed by atoms with Crippen LogP contribution in [0.2, 0.25) is 0 Å². The Labute approximate surface area is 98.5 Å². The molecule has 1 aliphatic heterocycles. The van der Waals surface area contributed by atoms with E-state index >= 15 is 0 Å². The van der Waals surface area contributed by atoms with Gasteiger partial charge < -0.3 is 35.0 Å². The lowest BCUT2D eigenvalue weighted by atomic mass is 9.99. The third kappa shape index (κ3) is 3.71. The first-order chi connectivity index (χ1) is 8.11. The van der Waals surface area contributed by atoms with Crippen molar-refractivity contribution in [2.75, 3.05) is 19.8 Å². The highest BCUT2D eigenvalue weighted by Crippen LogP contribution is 2.21. The maximum Gasteiger partial charge on any atom is 0.187 e. The molecule has 17 heavy (non-hydrogen) atoms. The molecular weight excluding hydrogens is 232 g/mol. The van der Waals surface area contributed by atoms with Crippen LogP contribution in [-0.4, -0.2) is 76.1 Å². The molecule has 0 aromatic carbocycles. The summed E-state index contributed by atoms with van der Waals surface area (Å²) in [5, 5.41) is 45.9. The van der Waals surface area contributed by atoms with Gasteiger partial charge in [0.05, 0.1) is 19.8 Å². The second kappa shape index (κ2) is 7.02. The fourth-order valence-electron chi connectivity index (χ4n) is 1.50. The van der Waals surface area contributed by atoms with E-state index < -0.39 is 37.3 Å². The fourth-order valence-corrected chi connectivity index (χ4v) is 1.50. The lowest BCUT2D eigenvalue weighted by Crippen LogP contribution is -2.59. The van der Waals surface area contributed by atoms with Gasteiger partial charge >= 0.3 is 0 Å². The molecule has 100 valence electrons. The number of aliphatic hydroxyl groups is 5. The zero-order valence-corrected chi connectivity index (χ0v) is 9.22. The van der Waals surface area contributed by atoms with Crippen LogP contribution in [0.25, 0.3) is 0 Å². The van der Waals surface area contributed by atoms with Crippen LogP contribution < -0.4 is 0 Å². The van der Waals surface area contributed by atoms with E-state index in [0.29, 0.717) is 0 Å². The molecule has 0 saturated carbocycles. The van der Waals surface area contributed by atoms with Crippen molar-refractivity contribution in [2.24, 2.45) is 0 Å². The summed E-state index contributed by atoms with van der Waals surface area (Å²) in [6, 6.07) is 0. The topological polar surface area (TPSA) is 120 Å². The third-order valence-electron chi connectivity index (χ3n) is 2.48. The minimum atomic E-state index is -1.44. The fraction of sp³-hybridized carbons (Fsp3) is 0.800. The Kier molecular flexibility index (Phi) is 6.00. The molecule has 1 aliphatic rings. The van der Waals surface area contributed by atoms with Gasteiger partial charge in [-0.25, -0.2) is 0 Å². The molecule has 1 fully saturated rings. The molecule has 0 aromatic heterocycles. The molecule has 5 atom stereocenters. The van der Waals surface area contributed by atoms with Crippen molar-refractivity contribution in [1.82, 2.24) is 0 Å². The summed E-state index contributed by atoms with van der Waals surface area (Å²) in [7, 11) is 0. The van der Waals surface area contributed by atoms with Crippen LogP contribution in [0.5, 0.6) is 0 Å². The number of hydrogen-bond donors (Lipinski definition) is 5. The van der Waals surface area contributed by atoms with E-state index in [1.807, 2.05) is 0 Å². The largest absolute Gasteiger partial charge is 0.394 e. The van der Waals surface area contributed by atoms with Gasteiger partial charge in [-0.05, 0) is 0 Å². The van der Waals surface area contributed by atoms with Gasteiger partial charge in [0.2, 0.25) is 0 Å². The Morgan fingerprint density at radius 3 is 2.29 bits per heavy atom. The van der Waals surface area contributed by atoms with Gasteiger partial charge in [0, 0.05) is 0 Å². The van der Waals surface area contributed by atoms with Crippen LogP contribution in [0, 0.1) is 0 Å². The Bertz CT molecular complexity index is 243. The van der Waals surface area contributed by atoms with Crippen molar-refractivity contribution in [2.45, 2.75) is 30.7 Å². The van der Waals surface area contributed by atoms with Crippen molar-refractivity contribution in [3.63, 3.8) is 0 Å². The minimum Gasteiger partial charge on any atom is -0.394 e. The molecular formula is C10H18O7. The molecule has 0 unspecified atom stereocenters. The van der Waals surface area contributed by atoms with Crippen molar-refractivity contribution >= 4 is 0 Å². The van der Waals surface area contributed by atoms with E-state index in [1.165, 1.54) is 12.2 Å². The van der Waals surface area contributed by atoms with E-state index in [9.17, 15) is 15.3 Å². The van der Waals surface area contributed by atoms with E-state index in [1.54, 1.807) is 0 Å². The summed E-state index contributed by atoms with van der Waals surface area (Å²) >= 11 is 0. The summed E-state index contributed by atoms with van der Waals surface area (Å²) in [6.07, 6.45) is -3.36. The van der Waals surface area contributed by atoms with Gasteiger partial charge in [0.25, 0.3) is 0 Å². The number of rotatable bonds is 5. The molecule has 1 heterocycles. The monoisotopic (exact) mass is 250 g/mol. The van der Waals surface area contributed by atoms with Gasteiger partial charge in [-0.15, -0.1) is 0 Å². The van der Waals surface area contributed by atoms with Crippen molar-refractivity contribution in [3.05, 3.63) is 12.2 Å². The zero-order valence-electron chi connectivity index (χ0n) is 9.22. The Morgan fingerprint density at radius 1 is 1.00 bits per heavy atom. The van der Waals surface area contributed by atoms with Gasteiger partial charge in [-0.1, -0.05) is 12.2 Å².